The molecule has 23 heavy (non-hydrogen) atoms. The Labute approximate surface area is 135 Å². The molecule has 0 N–H and O–H groups in total. The van der Waals surface area contributed by atoms with Gasteiger partial charge < -0.3 is 4.74 Å². The molecule has 0 aliphatic heterocycles. The van der Waals surface area contributed by atoms with Crippen LogP contribution < -0.4 is 4.90 Å². The second-order valence-electron chi connectivity index (χ2n) is 4.83. The zero-order chi connectivity index (χ0) is 16.7. The number of carbonyl (C=O) groups is 2. The fraction of sp³-hybridized carbons (Fsp3) is 0.158. The number of ether oxygens (including phenoxy) is 1. The van der Waals surface area contributed by atoms with Gasteiger partial charge in [-0.05, 0) is 43.0 Å². The number of esters is 1. The maximum absolute atomic E-state index is 12.5. The number of amides is 1. The quantitative estimate of drug-likeness (QED) is 0.645. The topological polar surface area (TPSA) is 46.6 Å². The Morgan fingerprint density at radius 1 is 0.957 bits per heavy atom. The summed E-state index contributed by atoms with van der Waals surface area (Å²) in [5, 5.41) is 0. The lowest BCUT2D eigenvalue weighted by Gasteiger charge is -2.20. The lowest BCUT2D eigenvalue weighted by atomic mass is 10.2. The smallest absolute Gasteiger partial charge is 0.307 e. The Morgan fingerprint density at radius 2 is 1.43 bits per heavy atom. The van der Waals surface area contributed by atoms with Crippen molar-refractivity contribution in [2.45, 2.75) is 20.0 Å². The van der Waals surface area contributed by atoms with Crippen molar-refractivity contribution in [3.8, 4) is 11.8 Å². The van der Waals surface area contributed by atoms with E-state index in [2.05, 4.69) is 11.8 Å². The summed E-state index contributed by atoms with van der Waals surface area (Å²) in [7, 11) is 0. The third-order valence-corrected chi connectivity index (χ3v) is 2.96. The van der Waals surface area contributed by atoms with E-state index in [4.69, 9.17) is 4.74 Å². The van der Waals surface area contributed by atoms with E-state index in [0.29, 0.717) is 0 Å². The number of carbonyl (C=O) groups excluding carboxylic acids is 2. The van der Waals surface area contributed by atoms with Crippen molar-refractivity contribution in [1.29, 1.82) is 0 Å². The first-order chi connectivity index (χ1) is 11.1. The molecule has 0 aromatic heterocycles. The third kappa shape index (κ3) is 4.72. The van der Waals surface area contributed by atoms with Crippen LogP contribution in [0.15, 0.2) is 60.7 Å². The van der Waals surface area contributed by atoms with Crippen molar-refractivity contribution in [3.05, 3.63) is 60.7 Å². The van der Waals surface area contributed by atoms with E-state index in [0.717, 1.165) is 11.4 Å². The molecular formula is C19H17NO3. The maximum atomic E-state index is 12.5. The molecule has 0 saturated heterocycles. The monoisotopic (exact) mass is 307 g/mol. The Hall–Kier alpha value is -3.06. The van der Waals surface area contributed by atoms with E-state index < -0.39 is 12.1 Å². The molecule has 0 radical (unpaired) electrons. The van der Waals surface area contributed by atoms with Crippen LogP contribution in [-0.2, 0) is 14.3 Å². The van der Waals surface area contributed by atoms with Crippen LogP contribution in [0.3, 0.4) is 0 Å². The van der Waals surface area contributed by atoms with Crippen LogP contribution in [0.25, 0.3) is 0 Å². The van der Waals surface area contributed by atoms with Crippen LogP contribution in [0, 0.1) is 11.8 Å². The van der Waals surface area contributed by atoms with E-state index in [1.165, 1.54) is 11.8 Å². The number of anilines is 2. The predicted octanol–water partition coefficient (Wildman–Crippen LogP) is 3.31. The highest BCUT2D eigenvalue weighted by Gasteiger charge is 2.15. The number of hydrogen-bond acceptors (Lipinski definition) is 3. The van der Waals surface area contributed by atoms with Crippen LogP contribution in [0.2, 0.25) is 0 Å². The zero-order valence-corrected chi connectivity index (χ0v) is 13.0. The van der Waals surface area contributed by atoms with Gasteiger partial charge >= 0.3 is 11.9 Å². The van der Waals surface area contributed by atoms with Gasteiger partial charge in [-0.1, -0.05) is 36.4 Å². The SMILES string of the molecule is CC(=O)O[C@@H](C)C#CC(=O)N(c1ccccc1)c1ccccc1. The summed E-state index contributed by atoms with van der Waals surface area (Å²) in [5.41, 5.74) is 1.44. The van der Waals surface area contributed by atoms with Crippen molar-refractivity contribution >= 4 is 23.3 Å². The molecule has 0 bridgehead atoms. The molecule has 0 aliphatic carbocycles. The molecule has 0 unspecified atom stereocenters. The molecule has 1 atom stereocenters. The summed E-state index contributed by atoms with van der Waals surface area (Å²) in [5.74, 6) is 4.38. The first kappa shape index (κ1) is 16.3. The molecule has 0 aliphatic rings. The van der Waals surface area contributed by atoms with E-state index in [-0.39, 0.29) is 5.91 Å². The predicted molar refractivity (Wildman–Crippen MR) is 89.0 cm³/mol. The number of para-hydroxylation sites is 2. The Morgan fingerprint density at radius 3 is 1.87 bits per heavy atom. The molecular weight excluding hydrogens is 290 g/mol. The molecule has 0 saturated carbocycles. The standard InChI is InChI=1S/C19H17NO3/c1-15(23-16(2)21)13-14-19(22)20(17-9-5-3-6-10-17)18-11-7-4-8-12-18/h3-12,15H,1-2H3/t15-/m0/s1. The first-order valence-electron chi connectivity index (χ1n) is 7.21. The van der Waals surface area contributed by atoms with Crippen LogP contribution in [-0.4, -0.2) is 18.0 Å². The number of rotatable bonds is 3. The normalized spacial score (nSPS) is 10.9. The van der Waals surface area contributed by atoms with Crippen LogP contribution in [0.4, 0.5) is 11.4 Å². The fourth-order valence-electron chi connectivity index (χ4n) is 2.04. The third-order valence-electron chi connectivity index (χ3n) is 2.96. The molecule has 2 rings (SSSR count). The molecule has 2 aromatic rings. The highest BCUT2D eigenvalue weighted by Crippen LogP contribution is 2.24. The Balaban J connectivity index is 2.30. The van der Waals surface area contributed by atoms with Crippen LogP contribution in [0.1, 0.15) is 13.8 Å². The maximum Gasteiger partial charge on any atom is 0.307 e. The molecule has 4 heteroatoms. The molecule has 1 amide bonds. The number of benzene rings is 2. The van der Waals surface area contributed by atoms with Gasteiger partial charge in [-0.3, -0.25) is 14.5 Å². The second-order valence-corrected chi connectivity index (χ2v) is 4.83. The second kappa shape index (κ2) is 7.81. The summed E-state index contributed by atoms with van der Waals surface area (Å²) in [6, 6.07) is 18.5. The molecule has 0 heterocycles. The Kier molecular flexibility index (Phi) is 5.54. The molecule has 116 valence electrons. The summed E-state index contributed by atoms with van der Waals surface area (Å²) in [6.07, 6.45) is -0.634. The lowest BCUT2D eigenvalue weighted by Crippen LogP contribution is -2.24. The van der Waals surface area contributed by atoms with Crippen molar-refractivity contribution in [3.63, 3.8) is 0 Å². The minimum absolute atomic E-state index is 0.388. The van der Waals surface area contributed by atoms with Crippen molar-refractivity contribution in [1.82, 2.24) is 0 Å². The van der Waals surface area contributed by atoms with E-state index in [9.17, 15) is 9.59 Å². The van der Waals surface area contributed by atoms with Gasteiger partial charge in [0.05, 0.1) is 0 Å². The highest BCUT2D eigenvalue weighted by atomic mass is 16.5. The van der Waals surface area contributed by atoms with E-state index >= 15 is 0 Å². The van der Waals surface area contributed by atoms with Gasteiger partial charge in [0, 0.05) is 18.3 Å². The van der Waals surface area contributed by atoms with Crippen LogP contribution in [0.5, 0.6) is 0 Å². The average Bonchev–Trinajstić information content (AvgIpc) is 2.55. The lowest BCUT2D eigenvalue weighted by molar-refractivity contribution is -0.143. The van der Waals surface area contributed by atoms with Crippen LogP contribution >= 0.6 is 0 Å². The van der Waals surface area contributed by atoms with Gasteiger partial charge in [-0.25, -0.2) is 0 Å². The highest BCUT2D eigenvalue weighted by molar-refractivity contribution is 6.10. The molecule has 2 aromatic carbocycles. The molecule has 4 nitrogen and oxygen atoms in total. The number of nitrogens with zero attached hydrogens (tertiary/aromatic N) is 1. The summed E-state index contributed by atoms with van der Waals surface area (Å²) in [4.78, 5) is 25.0. The van der Waals surface area contributed by atoms with Gasteiger partial charge in [0.25, 0.3) is 0 Å². The minimum atomic E-state index is -0.634. The summed E-state index contributed by atoms with van der Waals surface area (Å²) >= 11 is 0. The summed E-state index contributed by atoms with van der Waals surface area (Å²) in [6.45, 7) is 2.93. The largest absolute Gasteiger partial charge is 0.450 e. The Bertz CT molecular complexity index is 690. The van der Waals surface area contributed by atoms with Gasteiger partial charge in [0.15, 0.2) is 6.10 Å². The van der Waals surface area contributed by atoms with E-state index in [1.807, 2.05) is 60.7 Å². The minimum Gasteiger partial charge on any atom is -0.450 e. The van der Waals surface area contributed by atoms with E-state index in [1.54, 1.807) is 6.92 Å². The van der Waals surface area contributed by atoms with Gasteiger partial charge in [0.1, 0.15) is 0 Å². The molecule has 0 spiro atoms. The van der Waals surface area contributed by atoms with Gasteiger partial charge in [-0.15, -0.1) is 0 Å². The average molecular weight is 307 g/mol. The summed E-state index contributed by atoms with van der Waals surface area (Å²) < 4.78 is 4.91. The first-order valence-corrected chi connectivity index (χ1v) is 7.21. The molecule has 0 fully saturated rings. The zero-order valence-electron chi connectivity index (χ0n) is 13.0. The number of hydrogen-bond donors (Lipinski definition) is 0. The van der Waals surface area contributed by atoms with Crippen molar-refractivity contribution in [2.24, 2.45) is 0 Å². The fourth-order valence-corrected chi connectivity index (χ4v) is 2.04. The van der Waals surface area contributed by atoms with Crippen molar-refractivity contribution < 1.29 is 14.3 Å². The van der Waals surface area contributed by atoms with Crippen molar-refractivity contribution in [2.75, 3.05) is 4.90 Å². The van der Waals surface area contributed by atoms with Gasteiger partial charge in [0.2, 0.25) is 0 Å². The van der Waals surface area contributed by atoms with Gasteiger partial charge in [-0.2, -0.15) is 0 Å².